The van der Waals surface area contributed by atoms with Crippen LogP contribution < -0.4 is 0 Å². The molecule has 0 unspecified atom stereocenters. The van der Waals surface area contributed by atoms with Crippen molar-refractivity contribution < 1.29 is 4.42 Å². The second kappa shape index (κ2) is 4.87. The lowest BCUT2D eigenvalue weighted by molar-refractivity contribution is 0.669. The first-order valence-electron chi connectivity index (χ1n) is 9.27. The van der Waals surface area contributed by atoms with E-state index in [1.807, 2.05) is 36.5 Å². The quantitative estimate of drug-likeness (QED) is 0.308. The minimum absolute atomic E-state index is 0.886. The Morgan fingerprint density at radius 1 is 0.679 bits per heavy atom. The third kappa shape index (κ3) is 1.65. The van der Waals surface area contributed by atoms with E-state index in [-0.39, 0.29) is 0 Å². The summed E-state index contributed by atoms with van der Waals surface area (Å²) in [6.45, 7) is 0. The molecule has 0 saturated carbocycles. The number of hydrogen-bond acceptors (Lipinski definition) is 3. The molecule has 0 aliphatic heterocycles. The SMILES string of the molecule is c1ccc2c(c1)nc1c3ncccc3c3cc4oc5ccccc5c4cc3n21. The second-order valence-electron chi connectivity index (χ2n) is 7.12. The number of pyridine rings is 2. The molecule has 4 heterocycles. The average Bonchev–Trinajstić information content (AvgIpc) is 3.31. The number of hydrogen-bond donors (Lipinski definition) is 0. The van der Waals surface area contributed by atoms with Crippen molar-refractivity contribution in [1.29, 1.82) is 0 Å². The molecule has 0 saturated heterocycles. The van der Waals surface area contributed by atoms with Crippen LogP contribution in [0.25, 0.3) is 60.4 Å². The van der Waals surface area contributed by atoms with Gasteiger partial charge in [0.25, 0.3) is 0 Å². The Hall–Kier alpha value is -3.92. The monoisotopic (exact) mass is 359 g/mol. The number of imidazole rings is 1. The van der Waals surface area contributed by atoms with Crippen molar-refractivity contribution in [3.63, 3.8) is 0 Å². The van der Waals surface area contributed by atoms with Gasteiger partial charge in [-0.2, -0.15) is 0 Å². The summed E-state index contributed by atoms with van der Waals surface area (Å²) in [6, 6.07) is 24.9. The third-order valence-corrected chi connectivity index (χ3v) is 5.61. The predicted molar refractivity (Wildman–Crippen MR) is 113 cm³/mol. The molecule has 3 aromatic carbocycles. The summed E-state index contributed by atoms with van der Waals surface area (Å²) in [6.07, 6.45) is 1.83. The highest BCUT2D eigenvalue weighted by Gasteiger charge is 2.16. The summed E-state index contributed by atoms with van der Waals surface area (Å²) in [5, 5.41) is 4.45. The zero-order chi connectivity index (χ0) is 18.2. The van der Waals surface area contributed by atoms with E-state index in [0.29, 0.717) is 0 Å². The number of para-hydroxylation sites is 3. The van der Waals surface area contributed by atoms with Crippen molar-refractivity contribution >= 4 is 60.4 Å². The van der Waals surface area contributed by atoms with Gasteiger partial charge in [0.1, 0.15) is 16.7 Å². The van der Waals surface area contributed by atoms with Crippen LogP contribution in [0.5, 0.6) is 0 Å². The third-order valence-electron chi connectivity index (χ3n) is 5.61. The summed E-state index contributed by atoms with van der Waals surface area (Å²) >= 11 is 0. The molecule has 0 atom stereocenters. The van der Waals surface area contributed by atoms with Gasteiger partial charge in [0, 0.05) is 27.7 Å². The van der Waals surface area contributed by atoms with Gasteiger partial charge in [0.2, 0.25) is 0 Å². The summed E-state index contributed by atoms with van der Waals surface area (Å²) in [4.78, 5) is 9.56. The van der Waals surface area contributed by atoms with Gasteiger partial charge in [-0.3, -0.25) is 9.38 Å². The zero-order valence-corrected chi connectivity index (χ0v) is 14.8. The topological polar surface area (TPSA) is 43.3 Å². The van der Waals surface area contributed by atoms with Crippen LogP contribution in [0.3, 0.4) is 0 Å². The van der Waals surface area contributed by atoms with Crippen LogP contribution in [-0.2, 0) is 0 Å². The van der Waals surface area contributed by atoms with E-state index in [1.165, 1.54) is 0 Å². The highest BCUT2D eigenvalue weighted by Crippen LogP contribution is 2.36. The summed E-state index contributed by atoms with van der Waals surface area (Å²) in [5.41, 5.74) is 6.76. The van der Waals surface area contributed by atoms with Crippen molar-refractivity contribution in [2.24, 2.45) is 0 Å². The maximum absolute atomic E-state index is 6.15. The van der Waals surface area contributed by atoms with Crippen LogP contribution >= 0.6 is 0 Å². The molecule has 0 aliphatic carbocycles. The van der Waals surface area contributed by atoms with Crippen molar-refractivity contribution in [2.75, 3.05) is 0 Å². The Bertz CT molecular complexity index is 1720. The molecule has 4 heteroatoms. The van der Waals surface area contributed by atoms with Gasteiger partial charge < -0.3 is 4.42 Å². The van der Waals surface area contributed by atoms with Crippen LogP contribution in [-0.4, -0.2) is 14.4 Å². The molecule has 0 bridgehead atoms. The molecule has 7 rings (SSSR count). The Morgan fingerprint density at radius 3 is 2.54 bits per heavy atom. The molecule has 130 valence electrons. The van der Waals surface area contributed by atoms with Crippen molar-refractivity contribution in [3.8, 4) is 0 Å². The standard InChI is InChI=1S/C24H13N3O/c1-4-10-21-14(6-1)17-12-20-16(13-22(17)28-21)15-7-5-11-25-23(15)24-26-18-8-2-3-9-19(18)27(20)24/h1-13H. The normalized spacial score (nSPS) is 12.3. The van der Waals surface area contributed by atoms with Gasteiger partial charge in [-0.1, -0.05) is 36.4 Å². The van der Waals surface area contributed by atoms with E-state index in [0.717, 1.165) is 60.4 Å². The number of benzene rings is 3. The van der Waals surface area contributed by atoms with E-state index in [9.17, 15) is 0 Å². The van der Waals surface area contributed by atoms with E-state index < -0.39 is 0 Å². The molecule has 7 aromatic rings. The lowest BCUT2D eigenvalue weighted by Gasteiger charge is -2.08. The smallest absolute Gasteiger partial charge is 0.165 e. The number of rotatable bonds is 0. The van der Waals surface area contributed by atoms with Gasteiger partial charge in [0.15, 0.2) is 5.65 Å². The van der Waals surface area contributed by atoms with Crippen molar-refractivity contribution in [1.82, 2.24) is 14.4 Å². The van der Waals surface area contributed by atoms with Crippen LogP contribution in [0, 0.1) is 0 Å². The number of aromatic nitrogens is 3. The van der Waals surface area contributed by atoms with Gasteiger partial charge in [-0.15, -0.1) is 0 Å². The first kappa shape index (κ1) is 14.2. The maximum Gasteiger partial charge on any atom is 0.165 e. The first-order chi connectivity index (χ1) is 13.9. The fraction of sp³-hybridized carbons (Fsp3) is 0. The van der Waals surface area contributed by atoms with Gasteiger partial charge >= 0.3 is 0 Å². The van der Waals surface area contributed by atoms with Crippen LogP contribution in [0.2, 0.25) is 0 Å². The molecule has 0 spiro atoms. The predicted octanol–water partition coefficient (Wildman–Crippen LogP) is 6.09. The van der Waals surface area contributed by atoms with E-state index in [4.69, 9.17) is 9.40 Å². The highest BCUT2D eigenvalue weighted by molar-refractivity contribution is 6.18. The van der Waals surface area contributed by atoms with Crippen LogP contribution in [0.15, 0.2) is 83.4 Å². The van der Waals surface area contributed by atoms with E-state index in [2.05, 4.69) is 51.8 Å². The average molecular weight is 359 g/mol. The molecular formula is C24H13N3O. The zero-order valence-electron chi connectivity index (χ0n) is 14.8. The Morgan fingerprint density at radius 2 is 1.54 bits per heavy atom. The Labute approximate surface area is 158 Å². The first-order valence-corrected chi connectivity index (χ1v) is 9.27. The fourth-order valence-electron chi connectivity index (χ4n) is 4.39. The summed E-state index contributed by atoms with van der Waals surface area (Å²) in [5.74, 6) is 0. The molecule has 0 aliphatic rings. The molecule has 0 fully saturated rings. The molecule has 0 amide bonds. The number of fused-ring (bicyclic) bond motifs is 11. The lowest BCUT2D eigenvalue weighted by Crippen LogP contribution is -1.93. The number of nitrogens with zero attached hydrogens (tertiary/aromatic N) is 3. The Balaban J connectivity index is 1.85. The minimum atomic E-state index is 0.886. The van der Waals surface area contributed by atoms with Gasteiger partial charge in [0.05, 0.1) is 16.6 Å². The minimum Gasteiger partial charge on any atom is -0.456 e. The molecule has 28 heavy (non-hydrogen) atoms. The number of furan rings is 1. The largest absolute Gasteiger partial charge is 0.456 e. The van der Waals surface area contributed by atoms with Crippen molar-refractivity contribution in [2.45, 2.75) is 0 Å². The molecular weight excluding hydrogens is 346 g/mol. The fourth-order valence-corrected chi connectivity index (χ4v) is 4.39. The highest BCUT2D eigenvalue weighted by atomic mass is 16.3. The second-order valence-corrected chi connectivity index (χ2v) is 7.12. The Kier molecular flexibility index (Phi) is 2.46. The summed E-state index contributed by atoms with van der Waals surface area (Å²) in [7, 11) is 0. The lowest BCUT2D eigenvalue weighted by atomic mass is 10.1. The van der Waals surface area contributed by atoms with Gasteiger partial charge in [-0.25, -0.2) is 4.98 Å². The van der Waals surface area contributed by atoms with Crippen molar-refractivity contribution in [3.05, 3.63) is 79.0 Å². The summed E-state index contributed by atoms with van der Waals surface area (Å²) < 4.78 is 8.37. The van der Waals surface area contributed by atoms with Gasteiger partial charge in [-0.05, 0) is 36.4 Å². The molecule has 4 nitrogen and oxygen atoms in total. The maximum atomic E-state index is 6.15. The molecule has 0 N–H and O–H groups in total. The van der Waals surface area contributed by atoms with Crippen LogP contribution in [0.4, 0.5) is 0 Å². The van der Waals surface area contributed by atoms with Crippen LogP contribution in [0.1, 0.15) is 0 Å². The van der Waals surface area contributed by atoms with E-state index in [1.54, 1.807) is 0 Å². The molecule has 4 aromatic heterocycles. The van der Waals surface area contributed by atoms with E-state index >= 15 is 0 Å². The molecule has 0 radical (unpaired) electrons.